The van der Waals surface area contributed by atoms with Gasteiger partial charge in [0, 0.05) is 17.9 Å². The van der Waals surface area contributed by atoms with Crippen molar-refractivity contribution < 1.29 is 14.4 Å². The van der Waals surface area contributed by atoms with E-state index in [9.17, 15) is 4.79 Å². The molecule has 0 bridgehead atoms. The van der Waals surface area contributed by atoms with Crippen LogP contribution in [0.1, 0.15) is 55.0 Å². The molecule has 0 spiro atoms. The van der Waals surface area contributed by atoms with Crippen molar-refractivity contribution in [1.82, 2.24) is 5.16 Å². The van der Waals surface area contributed by atoms with Crippen molar-refractivity contribution in [3.63, 3.8) is 0 Å². The summed E-state index contributed by atoms with van der Waals surface area (Å²) in [7, 11) is 0. The Morgan fingerprint density at radius 3 is 2.71 bits per heavy atom. The molecule has 3 rings (SSSR count). The lowest BCUT2D eigenvalue weighted by molar-refractivity contribution is -0.142. The van der Waals surface area contributed by atoms with Crippen molar-refractivity contribution in [2.24, 2.45) is 5.92 Å². The van der Waals surface area contributed by atoms with Gasteiger partial charge in [0.2, 0.25) is 0 Å². The topological polar surface area (TPSA) is 63.3 Å². The minimum Gasteiger partial charge on any atom is -0.481 e. The molecule has 92 valence electrons. The summed E-state index contributed by atoms with van der Waals surface area (Å²) in [6.45, 7) is 0. The quantitative estimate of drug-likeness (QED) is 0.855. The lowest BCUT2D eigenvalue weighted by Gasteiger charge is -2.24. The lowest BCUT2D eigenvalue weighted by Crippen LogP contribution is -2.21. The highest BCUT2D eigenvalue weighted by Crippen LogP contribution is 2.39. The molecule has 1 fully saturated rings. The maximum absolute atomic E-state index is 10.9. The van der Waals surface area contributed by atoms with Crippen LogP contribution < -0.4 is 0 Å². The van der Waals surface area contributed by atoms with Crippen molar-refractivity contribution in [3.8, 4) is 0 Å². The number of hydrogen-bond acceptors (Lipinski definition) is 3. The first-order valence-electron chi connectivity index (χ1n) is 6.46. The smallest absolute Gasteiger partial charge is 0.306 e. The first kappa shape index (κ1) is 10.8. The number of aliphatic carboxylic acids is 1. The molecule has 2 aliphatic rings. The molecule has 0 aliphatic heterocycles. The number of carboxylic acids is 1. The van der Waals surface area contributed by atoms with E-state index in [-0.39, 0.29) is 5.92 Å². The van der Waals surface area contributed by atoms with Gasteiger partial charge < -0.3 is 9.63 Å². The summed E-state index contributed by atoms with van der Waals surface area (Å²) < 4.78 is 5.37. The van der Waals surface area contributed by atoms with Gasteiger partial charge in [0.1, 0.15) is 5.76 Å². The van der Waals surface area contributed by atoms with Crippen molar-refractivity contribution in [1.29, 1.82) is 0 Å². The maximum Gasteiger partial charge on any atom is 0.306 e. The molecular formula is C13H17NO3. The molecule has 4 heteroatoms. The van der Waals surface area contributed by atoms with E-state index in [2.05, 4.69) is 5.16 Å². The summed E-state index contributed by atoms with van der Waals surface area (Å²) in [6, 6.07) is 0. The van der Waals surface area contributed by atoms with Crippen molar-refractivity contribution in [3.05, 3.63) is 17.0 Å². The molecule has 0 amide bonds. The second-order valence-corrected chi connectivity index (χ2v) is 5.21. The van der Waals surface area contributed by atoms with Crippen LogP contribution in [-0.4, -0.2) is 16.2 Å². The van der Waals surface area contributed by atoms with Crippen LogP contribution in [0, 0.1) is 5.92 Å². The maximum atomic E-state index is 10.9. The van der Waals surface area contributed by atoms with Crippen LogP contribution in [0.15, 0.2) is 4.52 Å². The number of aromatic nitrogens is 1. The lowest BCUT2D eigenvalue weighted by atomic mass is 9.79. The second-order valence-electron chi connectivity index (χ2n) is 5.21. The molecule has 2 aliphatic carbocycles. The molecule has 1 heterocycles. The third-order valence-corrected chi connectivity index (χ3v) is 4.19. The van der Waals surface area contributed by atoms with E-state index in [0.717, 1.165) is 50.0 Å². The largest absolute Gasteiger partial charge is 0.481 e. The number of nitrogens with zero attached hydrogens (tertiary/aromatic N) is 1. The fourth-order valence-electron chi connectivity index (χ4n) is 3.18. The Balaban J connectivity index is 1.72. The summed E-state index contributed by atoms with van der Waals surface area (Å²) in [6.07, 6.45) is 6.73. The van der Waals surface area contributed by atoms with Crippen LogP contribution in [-0.2, 0) is 17.6 Å². The van der Waals surface area contributed by atoms with E-state index in [4.69, 9.17) is 9.63 Å². The van der Waals surface area contributed by atoms with E-state index in [1.165, 1.54) is 12.0 Å². The minimum absolute atomic E-state index is 0.147. The molecule has 17 heavy (non-hydrogen) atoms. The number of carboxylic acid groups (broad SMARTS) is 1. The zero-order chi connectivity index (χ0) is 11.8. The van der Waals surface area contributed by atoms with E-state index in [1.807, 2.05) is 0 Å². The zero-order valence-electron chi connectivity index (χ0n) is 9.82. The normalized spacial score (nSPS) is 28.0. The number of fused-ring (bicyclic) bond motifs is 1. The average Bonchev–Trinajstić information content (AvgIpc) is 2.90. The standard InChI is InChI=1S/C13H17NO3/c15-13(16)9-6-4-8(5-7-9)12-10-2-1-3-11(10)17-14-12/h8-9H,1-7H2,(H,15,16)/t8-,9-. The van der Waals surface area contributed by atoms with Gasteiger partial charge in [0.05, 0.1) is 11.6 Å². The first-order valence-corrected chi connectivity index (χ1v) is 6.46. The molecule has 0 atom stereocenters. The van der Waals surface area contributed by atoms with Gasteiger partial charge in [-0.1, -0.05) is 5.16 Å². The predicted molar refractivity (Wildman–Crippen MR) is 60.9 cm³/mol. The van der Waals surface area contributed by atoms with E-state index < -0.39 is 5.97 Å². The molecule has 0 saturated heterocycles. The third-order valence-electron chi connectivity index (χ3n) is 4.19. The Kier molecular flexibility index (Phi) is 2.65. The Labute approximate surface area is 100.0 Å². The number of hydrogen-bond donors (Lipinski definition) is 1. The van der Waals surface area contributed by atoms with E-state index in [0.29, 0.717) is 5.92 Å². The molecule has 0 aromatic carbocycles. The highest BCUT2D eigenvalue weighted by atomic mass is 16.5. The van der Waals surface area contributed by atoms with Crippen molar-refractivity contribution >= 4 is 5.97 Å². The number of aryl methyl sites for hydroxylation is 1. The van der Waals surface area contributed by atoms with Crippen LogP contribution in [0.25, 0.3) is 0 Å². The number of carbonyl (C=O) groups is 1. The van der Waals surface area contributed by atoms with E-state index >= 15 is 0 Å². The van der Waals surface area contributed by atoms with Gasteiger partial charge in [0.15, 0.2) is 0 Å². The predicted octanol–water partition coefficient (Wildman–Crippen LogP) is 2.52. The van der Waals surface area contributed by atoms with Gasteiger partial charge in [-0.25, -0.2) is 0 Å². The van der Waals surface area contributed by atoms with Gasteiger partial charge in [-0.2, -0.15) is 0 Å². The van der Waals surface area contributed by atoms with Crippen LogP contribution >= 0.6 is 0 Å². The summed E-state index contributed by atoms with van der Waals surface area (Å²) in [4.78, 5) is 10.9. The van der Waals surface area contributed by atoms with Gasteiger partial charge in [-0.3, -0.25) is 4.79 Å². The highest BCUT2D eigenvalue weighted by molar-refractivity contribution is 5.70. The van der Waals surface area contributed by atoms with Gasteiger partial charge in [-0.15, -0.1) is 0 Å². The zero-order valence-corrected chi connectivity index (χ0v) is 9.82. The minimum atomic E-state index is -0.645. The fraction of sp³-hybridized carbons (Fsp3) is 0.692. The third kappa shape index (κ3) is 1.85. The molecule has 1 aromatic heterocycles. The monoisotopic (exact) mass is 235 g/mol. The van der Waals surface area contributed by atoms with Crippen molar-refractivity contribution in [2.75, 3.05) is 0 Å². The first-order chi connectivity index (χ1) is 8.25. The Morgan fingerprint density at radius 2 is 2.00 bits per heavy atom. The van der Waals surface area contributed by atoms with Gasteiger partial charge in [-0.05, 0) is 38.5 Å². The molecule has 4 nitrogen and oxygen atoms in total. The highest BCUT2D eigenvalue weighted by Gasteiger charge is 2.31. The van der Waals surface area contributed by atoms with Crippen LogP contribution in [0.2, 0.25) is 0 Å². The average molecular weight is 235 g/mol. The summed E-state index contributed by atoms with van der Waals surface area (Å²) in [5, 5.41) is 13.2. The van der Waals surface area contributed by atoms with Crippen LogP contribution in [0.3, 0.4) is 0 Å². The molecule has 1 saturated carbocycles. The Hall–Kier alpha value is -1.32. The Morgan fingerprint density at radius 1 is 1.24 bits per heavy atom. The Bertz CT molecular complexity index is 430. The molecule has 1 N–H and O–H groups in total. The fourth-order valence-corrected chi connectivity index (χ4v) is 3.18. The molecular weight excluding hydrogens is 218 g/mol. The van der Waals surface area contributed by atoms with Gasteiger partial charge >= 0.3 is 5.97 Å². The van der Waals surface area contributed by atoms with Gasteiger partial charge in [0.25, 0.3) is 0 Å². The molecule has 0 radical (unpaired) electrons. The molecule has 1 aromatic rings. The SMILES string of the molecule is O=C(O)[C@H]1CC[C@H](c2noc3c2CCC3)CC1. The van der Waals surface area contributed by atoms with Crippen LogP contribution in [0.5, 0.6) is 0 Å². The molecule has 0 unspecified atom stereocenters. The number of rotatable bonds is 2. The summed E-state index contributed by atoms with van der Waals surface area (Å²) >= 11 is 0. The van der Waals surface area contributed by atoms with Crippen LogP contribution in [0.4, 0.5) is 0 Å². The second kappa shape index (κ2) is 4.17. The summed E-state index contributed by atoms with van der Waals surface area (Å²) in [5.74, 6) is 0.705. The van der Waals surface area contributed by atoms with E-state index in [1.54, 1.807) is 0 Å². The summed E-state index contributed by atoms with van der Waals surface area (Å²) in [5.41, 5.74) is 2.45. The van der Waals surface area contributed by atoms with Crippen molar-refractivity contribution in [2.45, 2.75) is 50.9 Å².